The van der Waals surface area contributed by atoms with Gasteiger partial charge in [0, 0.05) is 56.1 Å². The van der Waals surface area contributed by atoms with Gasteiger partial charge in [-0.3, -0.25) is 4.79 Å². The number of hydrogen-bond acceptors (Lipinski definition) is 9. The second-order valence-electron chi connectivity index (χ2n) is 8.00. The molecule has 0 aromatic carbocycles. The van der Waals surface area contributed by atoms with Gasteiger partial charge in [0.1, 0.15) is 5.82 Å². The van der Waals surface area contributed by atoms with Crippen LogP contribution >= 0.6 is 0 Å². The summed E-state index contributed by atoms with van der Waals surface area (Å²) in [5.41, 5.74) is 8.49. The molecule has 4 heterocycles. The molecule has 0 spiro atoms. The molecule has 30 heavy (non-hydrogen) atoms. The smallest absolute Gasteiger partial charge is 0.228 e. The molecule has 158 valence electrons. The molecule has 0 unspecified atom stereocenters. The first-order valence-electron chi connectivity index (χ1n) is 10.5. The van der Waals surface area contributed by atoms with Gasteiger partial charge in [-0.15, -0.1) is 0 Å². The molecule has 1 amide bonds. The molecule has 1 saturated heterocycles. The van der Waals surface area contributed by atoms with Crippen molar-refractivity contribution in [1.29, 1.82) is 0 Å². The minimum absolute atomic E-state index is 0.0144. The summed E-state index contributed by atoms with van der Waals surface area (Å²) in [4.78, 5) is 34.3. The Morgan fingerprint density at radius 2 is 1.93 bits per heavy atom. The molecule has 1 aliphatic carbocycles. The number of morpholine rings is 1. The molecule has 10 nitrogen and oxygen atoms in total. The zero-order chi connectivity index (χ0) is 20.7. The molecule has 10 heteroatoms. The van der Waals surface area contributed by atoms with Crippen molar-refractivity contribution in [2.75, 3.05) is 48.4 Å². The van der Waals surface area contributed by atoms with Gasteiger partial charge in [-0.05, 0) is 19.3 Å². The number of nitrogens with one attached hydrogen (secondary N) is 1. The monoisotopic (exact) mass is 410 g/mol. The van der Waals surface area contributed by atoms with Crippen molar-refractivity contribution < 1.29 is 9.53 Å². The van der Waals surface area contributed by atoms with Crippen LogP contribution in [0.1, 0.15) is 25.3 Å². The van der Waals surface area contributed by atoms with Gasteiger partial charge < -0.3 is 25.6 Å². The average molecular weight is 410 g/mol. The van der Waals surface area contributed by atoms with E-state index in [1.165, 1.54) is 0 Å². The number of carbonyl (C=O) groups is 1. The van der Waals surface area contributed by atoms with E-state index in [0.717, 1.165) is 61.5 Å². The lowest BCUT2D eigenvalue weighted by molar-refractivity contribution is -0.120. The maximum atomic E-state index is 11.6. The van der Waals surface area contributed by atoms with Gasteiger partial charge in [0.2, 0.25) is 17.8 Å². The molecule has 3 aliphatic rings. The largest absolute Gasteiger partial charge is 0.378 e. The first-order valence-corrected chi connectivity index (χ1v) is 10.5. The number of fused-ring (bicyclic) bond motifs is 1. The lowest BCUT2D eigenvalue weighted by Crippen LogP contribution is -2.58. The Balaban J connectivity index is 1.54. The maximum Gasteiger partial charge on any atom is 0.228 e. The highest BCUT2D eigenvalue weighted by atomic mass is 16.5. The van der Waals surface area contributed by atoms with Gasteiger partial charge >= 0.3 is 0 Å². The Morgan fingerprint density at radius 1 is 1.17 bits per heavy atom. The van der Waals surface area contributed by atoms with Crippen molar-refractivity contribution in [1.82, 2.24) is 25.3 Å². The van der Waals surface area contributed by atoms with E-state index in [1.54, 1.807) is 19.3 Å². The molecule has 2 aliphatic heterocycles. The summed E-state index contributed by atoms with van der Waals surface area (Å²) < 4.78 is 5.50. The van der Waals surface area contributed by atoms with E-state index in [9.17, 15) is 4.79 Å². The predicted molar refractivity (Wildman–Crippen MR) is 112 cm³/mol. The SMILES string of the molecule is CC(=O)N[C@H]1CC[C@@H]1N1CCc2c(-c3cnc(N)nc3)nc(N3CCOCC3)nc21. The minimum atomic E-state index is 0.0144. The van der Waals surface area contributed by atoms with Gasteiger partial charge in [-0.1, -0.05) is 0 Å². The van der Waals surface area contributed by atoms with Crippen LogP contribution < -0.4 is 20.9 Å². The van der Waals surface area contributed by atoms with Crippen LogP contribution in [0, 0.1) is 0 Å². The number of nitrogens with zero attached hydrogens (tertiary/aromatic N) is 6. The summed E-state index contributed by atoms with van der Waals surface area (Å²) in [6.07, 6.45) is 6.33. The standard InChI is InChI=1S/C20H26N8O2/c1-12(29)24-15-2-3-16(15)28-5-4-14-17(13-10-22-19(21)23-11-13)25-20(26-18(14)28)27-6-8-30-9-7-27/h10-11,15-16H,2-9H2,1H3,(H,24,29)(H2,21,22,23)/t15-,16-/m0/s1. The summed E-state index contributed by atoms with van der Waals surface area (Å²) in [5, 5.41) is 3.08. The number of nitrogens with two attached hydrogens (primary N) is 1. The first-order chi connectivity index (χ1) is 14.6. The second kappa shape index (κ2) is 7.67. The summed E-state index contributed by atoms with van der Waals surface area (Å²) in [5.74, 6) is 1.91. The molecule has 2 aromatic heterocycles. The van der Waals surface area contributed by atoms with E-state index in [-0.39, 0.29) is 23.9 Å². The molecule has 2 atom stereocenters. The van der Waals surface area contributed by atoms with Crippen LogP contribution in [0.15, 0.2) is 12.4 Å². The van der Waals surface area contributed by atoms with Crippen molar-refractivity contribution in [3.8, 4) is 11.3 Å². The lowest BCUT2D eigenvalue weighted by atomic mass is 9.85. The van der Waals surface area contributed by atoms with Crippen LogP contribution in [-0.2, 0) is 16.0 Å². The van der Waals surface area contributed by atoms with E-state index < -0.39 is 0 Å². The van der Waals surface area contributed by atoms with Crippen LogP contribution in [0.4, 0.5) is 17.7 Å². The zero-order valence-corrected chi connectivity index (χ0v) is 17.0. The highest BCUT2D eigenvalue weighted by Gasteiger charge is 2.40. The van der Waals surface area contributed by atoms with E-state index in [4.69, 9.17) is 20.4 Å². The number of hydrogen-bond donors (Lipinski definition) is 2. The number of amides is 1. The number of aromatic nitrogens is 4. The highest BCUT2D eigenvalue weighted by Crippen LogP contribution is 2.40. The third kappa shape index (κ3) is 3.41. The Kier molecular flexibility index (Phi) is 4.86. The van der Waals surface area contributed by atoms with Gasteiger partial charge in [0.25, 0.3) is 0 Å². The third-order valence-electron chi connectivity index (χ3n) is 6.11. The fourth-order valence-electron chi connectivity index (χ4n) is 4.48. The highest BCUT2D eigenvalue weighted by molar-refractivity contribution is 5.75. The van der Waals surface area contributed by atoms with Crippen LogP contribution in [0.3, 0.4) is 0 Å². The Morgan fingerprint density at radius 3 is 2.60 bits per heavy atom. The number of anilines is 3. The molecule has 2 aromatic rings. The molecular weight excluding hydrogens is 384 g/mol. The molecular formula is C20H26N8O2. The fourth-order valence-corrected chi connectivity index (χ4v) is 4.48. The summed E-state index contributed by atoms with van der Waals surface area (Å²) in [6, 6.07) is 0.427. The van der Waals surface area contributed by atoms with Crippen molar-refractivity contribution >= 4 is 23.6 Å². The summed E-state index contributed by atoms with van der Waals surface area (Å²) in [6.45, 7) is 5.28. The third-order valence-corrected chi connectivity index (χ3v) is 6.11. The molecule has 0 radical (unpaired) electrons. The summed E-state index contributed by atoms with van der Waals surface area (Å²) >= 11 is 0. The Labute approximate surface area is 174 Å². The van der Waals surface area contributed by atoms with Gasteiger partial charge in [-0.25, -0.2) is 15.0 Å². The van der Waals surface area contributed by atoms with Crippen molar-refractivity contribution in [3.63, 3.8) is 0 Å². The topological polar surface area (TPSA) is 122 Å². The van der Waals surface area contributed by atoms with Crippen LogP contribution in [0.25, 0.3) is 11.3 Å². The van der Waals surface area contributed by atoms with E-state index in [1.807, 2.05) is 0 Å². The molecule has 3 N–H and O–H groups in total. The quantitative estimate of drug-likeness (QED) is 0.736. The number of nitrogen functional groups attached to an aromatic ring is 1. The van der Waals surface area contributed by atoms with Gasteiger partial charge in [0.05, 0.1) is 24.9 Å². The van der Waals surface area contributed by atoms with E-state index in [2.05, 4.69) is 25.1 Å². The summed E-state index contributed by atoms with van der Waals surface area (Å²) in [7, 11) is 0. The van der Waals surface area contributed by atoms with Gasteiger partial charge in [0.15, 0.2) is 0 Å². The van der Waals surface area contributed by atoms with Crippen LogP contribution in [0.5, 0.6) is 0 Å². The Bertz CT molecular complexity index is 945. The normalized spacial score (nSPS) is 23.1. The number of rotatable bonds is 4. The van der Waals surface area contributed by atoms with Gasteiger partial charge in [-0.2, -0.15) is 4.98 Å². The molecule has 5 rings (SSSR count). The number of ether oxygens (including phenoxy) is 1. The minimum Gasteiger partial charge on any atom is -0.378 e. The van der Waals surface area contributed by atoms with E-state index >= 15 is 0 Å². The Hall–Kier alpha value is -3.01. The molecule has 2 fully saturated rings. The van der Waals surface area contributed by atoms with Crippen LogP contribution in [0.2, 0.25) is 0 Å². The second-order valence-corrected chi connectivity index (χ2v) is 8.00. The number of carbonyl (C=O) groups excluding carboxylic acids is 1. The average Bonchev–Trinajstić information content (AvgIpc) is 3.15. The van der Waals surface area contributed by atoms with Crippen molar-refractivity contribution in [2.24, 2.45) is 0 Å². The molecule has 1 saturated carbocycles. The zero-order valence-electron chi connectivity index (χ0n) is 17.0. The van der Waals surface area contributed by atoms with Crippen LogP contribution in [-0.4, -0.2) is 70.8 Å². The van der Waals surface area contributed by atoms with E-state index in [0.29, 0.717) is 19.2 Å². The van der Waals surface area contributed by atoms with Crippen molar-refractivity contribution in [2.45, 2.75) is 38.3 Å². The first kappa shape index (κ1) is 19.0. The van der Waals surface area contributed by atoms with Crippen molar-refractivity contribution in [3.05, 3.63) is 18.0 Å². The lowest BCUT2D eigenvalue weighted by Gasteiger charge is -2.43. The maximum absolute atomic E-state index is 11.6. The predicted octanol–water partition coefficient (Wildman–Crippen LogP) is 0.382. The fraction of sp³-hybridized carbons (Fsp3) is 0.550. The molecule has 0 bridgehead atoms.